The van der Waals surface area contributed by atoms with Gasteiger partial charge in [-0.25, -0.2) is 0 Å². The Bertz CT molecular complexity index is 411. The Balaban J connectivity index is 2.05. The zero-order valence-corrected chi connectivity index (χ0v) is 12.9. The molecule has 0 bridgehead atoms. The van der Waals surface area contributed by atoms with Gasteiger partial charge in [-0.3, -0.25) is 4.90 Å². The van der Waals surface area contributed by atoms with Crippen molar-refractivity contribution in [3.05, 3.63) is 23.8 Å². The summed E-state index contributed by atoms with van der Waals surface area (Å²) in [5.41, 5.74) is 7.95. The molecular weight excluding hydrogens is 248 g/mol. The van der Waals surface area contributed by atoms with Crippen molar-refractivity contribution >= 4 is 5.69 Å². The zero-order valence-electron chi connectivity index (χ0n) is 12.9. The fraction of sp³-hybridized carbons (Fsp3) is 0.647. The molecule has 1 aliphatic rings. The summed E-state index contributed by atoms with van der Waals surface area (Å²) in [6.07, 6.45) is 8.17. The highest BCUT2D eigenvalue weighted by Crippen LogP contribution is 2.26. The maximum atomic E-state index is 5.93. The maximum Gasteiger partial charge on any atom is 0.123 e. The van der Waals surface area contributed by atoms with Gasteiger partial charge >= 0.3 is 0 Å². The van der Waals surface area contributed by atoms with E-state index in [1.807, 2.05) is 19.1 Å². The van der Waals surface area contributed by atoms with E-state index in [9.17, 15) is 0 Å². The number of nitrogen functional groups attached to an aromatic ring is 1. The number of benzene rings is 1. The van der Waals surface area contributed by atoms with Crippen LogP contribution in [-0.2, 0) is 6.54 Å². The predicted molar refractivity (Wildman–Crippen MR) is 85.0 cm³/mol. The Morgan fingerprint density at radius 3 is 2.55 bits per heavy atom. The van der Waals surface area contributed by atoms with Crippen LogP contribution in [0, 0.1) is 0 Å². The normalized spacial score (nSPS) is 17.1. The van der Waals surface area contributed by atoms with Crippen LogP contribution in [0.1, 0.15) is 51.0 Å². The number of hydrogen-bond acceptors (Lipinski definition) is 3. The Morgan fingerprint density at radius 2 is 1.90 bits per heavy atom. The molecule has 2 rings (SSSR count). The van der Waals surface area contributed by atoms with Crippen molar-refractivity contribution in [2.75, 3.05) is 19.4 Å². The highest BCUT2D eigenvalue weighted by Gasteiger charge is 2.18. The number of hydrogen-bond donors (Lipinski definition) is 1. The average Bonchev–Trinajstić information content (AvgIpc) is 2.71. The molecule has 1 aromatic rings. The lowest BCUT2D eigenvalue weighted by molar-refractivity contribution is 0.209. The standard InChI is InChI=1S/C17H28N2O/c1-3-20-17-11-10-15(18)12-14(17)13-19(2)16-8-6-4-5-7-9-16/h10-12,16H,3-9,13,18H2,1-2H3. The van der Waals surface area contributed by atoms with Crippen molar-refractivity contribution in [3.8, 4) is 5.75 Å². The van der Waals surface area contributed by atoms with Crippen LogP contribution in [0.15, 0.2) is 18.2 Å². The SMILES string of the molecule is CCOc1ccc(N)cc1CN(C)C1CCCCCC1. The highest BCUT2D eigenvalue weighted by molar-refractivity contribution is 5.47. The van der Waals surface area contributed by atoms with Crippen molar-refractivity contribution in [2.24, 2.45) is 0 Å². The Morgan fingerprint density at radius 1 is 1.20 bits per heavy atom. The van der Waals surface area contributed by atoms with Gasteiger partial charge in [-0.1, -0.05) is 25.7 Å². The topological polar surface area (TPSA) is 38.5 Å². The summed E-state index contributed by atoms with van der Waals surface area (Å²) in [6, 6.07) is 6.67. The van der Waals surface area contributed by atoms with E-state index < -0.39 is 0 Å². The van der Waals surface area contributed by atoms with Gasteiger partial charge in [0.25, 0.3) is 0 Å². The van der Waals surface area contributed by atoms with Crippen LogP contribution >= 0.6 is 0 Å². The molecule has 2 N–H and O–H groups in total. The van der Waals surface area contributed by atoms with Gasteiger partial charge in [0.15, 0.2) is 0 Å². The first kappa shape index (κ1) is 15.2. The minimum atomic E-state index is 0.698. The van der Waals surface area contributed by atoms with Gasteiger partial charge in [0.1, 0.15) is 5.75 Å². The summed E-state index contributed by atoms with van der Waals surface area (Å²) < 4.78 is 5.72. The second kappa shape index (κ2) is 7.53. The Hall–Kier alpha value is -1.22. The van der Waals surface area contributed by atoms with E-state index in [1.54, 1.807) is 0 Å². The first-order valence-corrected chi connectivity index (χ1v) is 7.92. The highest BCUT2D eigenvalue weighted by atomic mass is 16.5. The lowest BCUT2D eigenvalue weighted by Gasteiger charge is -2.28. The predicted octanol–water partition coefficient (Wildman–Crippen LogP) is 3.82. The van der Waals surface area contributed by atoms with Gasteiger partial charge in [0, 0.05) is 23.8 Å². The van der Waals surface area contributed by atoms with Gasteiger partial charge in [-0.15, -0.1) is 0 Å². The van der Waals surface area contributed by atoms with Crippen molar-refractivity contribution in [2.45, 2.75) is 58.0 Å². The van der Waals surface area contributed by atoms with E-state index in [2.05, 4.69) is 18.0 Å². The molecule has 0 saturated heterocycles. The molecular formula is C17H28N2O. The second-order valence-corrected chi connectivity index (χ2v) is 5.86. The van der Waals surface area contributed by atoms with Gasteiger partial charge in [-0.2, -0.15) is 0 Å². The van der Waals surface area contributed by atoms with Crippen LogP contribution in [-0.4, -0.2) is 24.6 Å². The molecule has 0 unspecified atom stereocenters. The van der Waals surface area contributed by atoms with E-state index >= 15 is 0 Å². The first-order chi connectivity index (χ1) is 9.70. The van der Waals surface area contributed by atoms with Gasteiger partial charge in [0.05, 0.1) is 6.61 Å². The van der Waals surface area contributed by atoms with Crippen LogP contribution in [0.4, 0.5) is 5.69 Å². The minimum Gasteiger partial charge on any atom is -0.494 e. The molecule has 1 aliphatic carbocycles. The summed E-state index contributed by atoms with van der Waals surface area (Å²) >= 11 is 0. The molecule has 0 aromatic heterocycles. The lowest BCUT2D eigenvalue weighted by Crippen LogP contribution is -2.30. The van der Waals surface area contributed by atoms with E-state index in [4.69, 9.17) is 10.5 Å². The molecule has 0 atom stereocenters. The van der Waals surface area contributed by atoms with Crippen LogP contribution in [0.5, 0.6) is 5.75 Å². The smallest absolute Gasteiger partial charge is 0.123 e. The van der Waals surface area contributed by atoms with Gasteiger partial charge < -0.3 is 10.5 Å². The number of nitrogens with zero attached hydrogens (tertiary/aromatic N) is 1. The van der Waals surface area contributed by atoms with Crippen LogP contribution in [0.25, 0.3) is 0 Å². The fourth-order valence-corrected chi connectivity index (χ4v) is 3.12. The first-order valence-electron chi connectivity index (χ1n) is 7.92. The largest absolute Gasteiger partial charge is 0.494 e. The number of nitrogens with two attached hydrogens (primary N) is 1. The molecule has 0 amide bonds. The number of rotatable bonds is 5. The fourth-order valence-electron chi connectivity index (χ4n) is 3.12. The third kappa shape index (κ3) is 4.14. The van der Waals surface area contributed by atoms with E-state index in [0.717, 1.165) is 18.0 Å². The Kier molecular flexibility index (Phi) is 5.72. The van der Waals surface area contributed by atoms with Gasteiger partial charge in [0.2, 0.25) is 0 Å². The third-order valence-electron chi connectivity index (χ3n) is 4.25. The van der Waals surface area contributed by atoms with Crippen LogP contribution in [0.2, 0.25) is 0 Å². The van der Waals surface area contributed by atoms with E-state index in [0.29, 0.717) is 12.6 Å². The Labute approximate surface area is 123 Å². The molecule has 1 saturated carbocycles. The molecule has 112 valence electrons. The number of ether oxygens (including phenoxy) is 1. The molecule has 1 aromatic carbocycles. The minimum absolute atomic E-state index is 0.698. The van der Waals surface area contributed by atoms with Crippen molar-refractivity contribution in [3.63, 3.8) is 0 Å². The number of anilines is 1. The summed E-state index contributed by atoms with van der Waals surface area (Å²) in [4.78, 5) is 2.47. The molecule has 0 spiro atoms. The molecule has 20 heavy (non-hydrogen) atoms. The molecule has 0 aliphatic heterocycles. The molecule has 3 heteroatoms. The lowest BCUT2D eigenvalue weighted by atomic mass is 10.1. The van der Waals surface area contributed by atoms with Crippen molar-refractivity contribution in [1.29, 1.82) is 0 Å². The van der Waals surface area contributed by atoms with Crippen molar-refractivity contribution < 1.29 is 4.74 Å². The monoisotopic (exact) mass is 276 g/mol. The molecule has 0 radical (unpaired) electrons. The maximum absolute atomic E-state index is 5.93. The molecule has 1 fully saturated rings. The van der Waals surface area contributed by atoms with Crippen LogP contribution < -0.4 is 10.5 Å². The van der Waals surface area contributed by atoms with Crippen LogP contribution in [0.3, 0.4) is 0 Å². The summed E-state index contributed by atoms with van der Waals surface area (Å²) in [5.74, 6) is 0.974. The van der Waals surface area contributed by atoms with E-state index in [1.165, 1.54) is 44.1 Å². The van der Waals surface area contributed by atoms with E-state index in [-0.39, 0.29) is 0 Å². The van der Waals surface area contributed by atoms with Gasteiger partial charge in [-0.05, 0) is 45.0 Å². The average molecular weight is 276 g/mol. The molecule has 3 nitrogen and oxygen atoms in total. The third-order valence-corrected chi connectivity index (χ3v) is 4.25. The zero-order chi connectivity index (χ0) is 14.4. The quantitative estimate of drug-likeness (QED) is 0.656. The van der Waals surface area contributed by atoms with Crippen molar-refractivity contribution in [1.82, 2.24) is 4.90 Å². The molecule has 0 heterocycles. The summed E-state index contributed by atoms with van der Waals surface area (Å²) in [6.45, 7) is 3.64. The summed E-state index contributed by atoms with van der Waals surface area (Å²) in [7, 11) is 2.23. The second-order valence-electron chi connectivity index (χ2n) is 5.86. The summed E-state index contributed by atoms with van der Waals surface area (Å²) in [5, 5.41) is 0.